The van der Waals surface area contributed by atoms with Gasteiger partial charge < -0.3 is 9.64 Å². The molecule has 1 aliphatic rings. The molecule has 0 N–H and O–H groups in total. The van der Waals surface area contributed by atoms with Gasteiger partial charge in [0.2, 0.25) is 0 Å². The van der Waals surface area contributed by atoms with Gasteiger partial charge in [0, 0.05) is 12.1 Å². The monoisotopic (exact) mass is 361 g/mol. The third-order valence-electron chi connectivity index (χ3n) is 4.14. The SMILES string of the molecule is COc1ccc(CN2C(=O)c3ccccc3C2COS(C)(=O)=O)cc1. The van der Waals surface area contributed by atoms with Gasteiger partial charge >= 0.3 is 0 Å². The Hall–Kier alpha value is -2.38. The van der Waals surface area contributed by atoms with Crippen molar-refractivity contribution in [1.82, 2.24) is 4.90 Å². The van der Waals surface area contributed by atoms with Crippen LogP contribution in [0, 0.1) is 0 Å². The maximum atomic E-state index is 12.8. The van der Waals surface area contributed by atoms with E-state index in [4.69, 9.17) is 8.92 Å². The second kappa shape index (κ2) is 6.85. The first-order chi connectivity index (χ1) is 11.9. The molecule has 0 radical (unpaired) electrons. The summed E-state index contributed by atoms with van der Waals surface area (Å²) in [5.41, 5.74) is 2.29. The first kappa shape index (κ1) is 17.4. The van der Waals surface area contributed by atoms with Crippen molar-refractivity contribution in [2.24, 2.45) is 0 Å². The smallest absolute Gasteiger partial charge is 0.264 e. The van der Waals surface area contributed by atoms with E-state index in [1.807, 2.05) is 36.4 Å². The van der Waals surface area contributed by atoms with Gasteiger partial charge in [0.25, 0.3) is 16.0 Å². The van der Waals surface area contributed by atoms with E-state index >= 15 is 0 Å². The summed E-state index contributed by atoms with van der Waals surface area (Å²) >= 11 is 0. The van der Waals surface area contributed by atoms with Crippen molar-refractivity contribution in [3.05, 3.63) is 65.2 Å². The number of fused-ring (bicyclic) bond motifs is 1. The molecule has 0 fully saturated rings. The lowest BCUT2D eigenvalue weighted by Gasteiger charge is -2.25. The molecule has 2 aromatic rings. The van der Waals surface area contributed by atoms with Crippen molar-refractivity contribution in [3.8, 4) is 5.75 Å². The van der Waals surface area contributed by atoms with Gasteiger partial charge in [-0.3, -0.25) is 8.98 Å². The fraction of sp³-hybridized carbons (Fsp3) is 0.278. The van der Waals surface area contributed by atoms with Crippen molar-refractivity contribution >= 4 is 16.0 Å². The topological polar surface area (TPSA) is 72.9 Å². The Morgan fingerprint density at radius 2 is 1.76 bits per heavy atom. The van der Waals surface area contributed by atoms with E-state index in [0.29, 0.717) is 12.1 Å². The van der Waals surface area contributed by atoms with Crippen LogP contribution in [0.1, 0.15) is 27.5 Å². The lowest BCUT2D eigenvalue weighted by molar-refractivity contribution is 0.0656. The number of hydrogen-bond acceptors (Lipinski definition) is 5. The van der Waals surface area contributed by atoms with Crippen LogP contribution < -0.4 is 4.74 Å². The first-order valence-corrected chi connectivity index (χ1v) is 9.58. The molecule has 0 saturated heterocycles. The van der Waals surface area contributed by atoms with Gasteiger partial charge in [-0.2, -0.15) is 8.42 Å². The maximum absolute atomic E-state index is 12.8. The molecule has 1 atom stereocenters. The van der Waals surface area contributed by atoms with Gasteiger partial charge in [-0.1, -0.05) is 30.3 Å². The first-order valence-electron chi connectivity index (χ1n) is 7.76. The quantitative estimate of drug-likeness (QED) is 0.739. The number of benzene rings is 2. The number of carbonyl (C=O) groups excluding carboxylic acids is 1. The van der Waals surface area contributed by atoms with Crippen molar-refractivity contribution < 1.29 is 22.1 Å². The average molecular weight is 361 g/mol. The number of carbonyl (C=O) groups is 1. The summed E-state index contributed by atoms with van der Waals surface area (Å²) in [4.78, 5) is 14.4. The molecule has 132 valence electrons. The number of amides is 1. The minimum Gasteiger partial charge on any atom is -0.497 e. The summed E-state index contributed by atoms with van der Waals surface area (Å²) in [5, 5.41) is 0. The van der Waals surface area contributed by atoms with E-state index in [9.17, 15) is 13.2 Å². The second-order valence-corrected chi connectivity index (χ2v) is 7.52. The molecule has 2 aromatic carbocycles. The standard InChI is InChI=1S/C18H19NO5S/c1-23-14-9-7-13(8-10-14)11-19-17(12-24-25(2,21)22)15-5-3-4-6-16(15)18(19)20/h3-10,17H,11-12H2,1-2H3. The molecule has 0 saturated carbocycles. The van der Waals surface area contributed by atoms with Gasteiger partial charge in [0.05, 0.1) is 26.0 Å². The van der Waals surface area contributed by atoms with Crippen LogP contribution in [0.5, 0.6) is 5.75 Å². The molecule has 3 rings (SSSR count). The number of ether oxygens (including phenoxy) is 1. The number of rotatable bonds is 6. The van der Waals surface area contributed by atoms with Crippen LogP contribution in [-0.2, 0) is 20.8 Å². The van der Waals surface area contributed by atoms with Gasteiger partial charge in [-0.05, 0) is 29.3 Å². The number of methoxy groups -OCH3 is 1. The number of nitrogens with zero attached hydrogens (tertiary/aromatic N) is 1. The Morgan fingerprint density at radius 1 is 1.08 bits per heavy atom. The lowest BCUT2D eigenvalue weighted by Crippen LogP contribution is -2.30. The third kappa shape index (κ3) is 3.83. The average Bonchev–Trinajstić information content (AvgIpc) is 2.85. The zero-order valence-corrected chi connectivity index (χ0v) is 14.8. The van der Waals surface area contributed by atoms with Crippen LogP contribution >= 0.6 is 0 Å². The molecule has 1 amide bonds. The fourth-order valence-electron chi connectivity index (χ4n) is 2.92. The summed E-state index contributed by atoms with van der Waals surface area (Å²) in [5.74, 6) is 0.602. The summed E-state index contributed by atoms with van der Waals surface area (Å²) in [6, 6.07) is 14.2. The van der Waals surface area contributed by atoms with Crippen LogP contribution in [-0.4, -0.2) is 39.2 Å². The Labute approximate surface area is 147 Å². The zero-order valence-electron chi connectivity index (χ0n) is 14.0. The van der Waals surface area contributed by atoms with Crippen molar-refractivity contribution in [1.29, 1.82) is 0 Å². The Morgan fingerprint density at radius 3 is 2.40 bits per heavy atom. The summed E-state index contributed by atoms with van der Waals surface area (Å²) in [6.07, 6.45) is 1.00. The van der Waals surface area contributed by atoms with Crippen LogP contribution in [0.2, 0.25) is 0 Å². The molecule has 0 aliphatic carbocycles. The fourth-order valence-corrected chi connectivity index (χ4v) is 3.30. The Kier molecular flexibility index (Phi) is 4.78. The molecular formula is C18H19NO5S. The highest BCUT2D eigenvalue weighted by atomic mass is 32.2. The Bertz CT molecular complexity index is 877. The minimum atomic E-state index is -3.59. The highest BCUT2D eigenvalue weighted by Crippen LogP contribution is 2.35. The summed E-state index contributed by atoms with van der Waals surface area (Å²) < 4.78 is 32.9. The molecule has 1 unspecified atom stereocenters. The van der Waals surface area contributed by atoms with E-state index in [2.05, 4.69) is 0 Å². The van der Waals surface area contributed by atoms with Crippen molar-refractivity contribution in [2.75, 3.05) is 20.0 Å². The van der Waals surface area contributed by atoms with Gasteiger partial charge in [0.15, 0.2) is 0 Å². The van der Waals surface area contributed by atoms with Crippen LogP contribution in [0.25, 0.3) is 0 Å². The maximum Gasteiger partial charge on any atom is 0.264 e. The Balaban J connectivity index is 1.88. The zero-order chi connectivity index (χ0) is 18.0. The van der Waals surface area contributed by atoms with Gasteiger partial charge in [-0.25, -0.2) is 0 Å². The van der Waals surface area contributed by atoms with Crippen LogP contribution in [0.3, 0.4) is 0 Å². The highest BCUT2D eigenvalue weighted by Gasteiger charge is 2.37. The predicted molar refractivity (Wildman–Crippen MR) is 92.8 cm³/mol. The predicted octanol–water partition coefficient (Wildman–Crippen LogP) is 2.37. The third-order valence-corrected chi connectivity index (χ3v) is 4.70. The molecule has 0 spiro atoms. The molecule has 25 heavy (non-hydrogen) atoms. The minimum absolute atomic E-state index is 0.0995. The molecule has 0 bridgehead atoms. The van der Waals surface area contributed by atoms with Crippen molar-refractivity contribution in [3.63, 3.8) is 0 Å². The van der Waals surface area contributed by atoms with Crippen LogP contribution in [0.15, 0.2) is 48.5 Å². The summed E-state index contributed by atoms with van der Waals surface area (Å²) in [6.45, 7) is 0.257. The van der Waals surface area contributed by atoms with Crippen LogP contribution in [0.4, 0.5) is 0 Å². The lowest BCUT2D eigenvalue weighted by atomic mass is 10.1. The van der Waals surface area contributed by atoms with E-state index in [1.165, 1.54) is 0 Å². The number of hydrogen-bond donors (Lipinski definition) is 0. The van der Waals surface area contributed by atoms with E-state index in [1.54, 1.807) is 24.1 Å². The highest BCUT2D eigenvalue weighted by molar-refractivity contribution is 7.85. The molecule has 0 aromatic heterocycles. The normalized spacial score (nSPS) is 16.8. The molecular weight excluding hydrogens is 342 g/mol. The molecule has 7 heteroatoms. The second-order valence-electron chi connectivity index (χ2n) is 5.87. The van der Waals surface area contributed by atoms with E-state index in [0.717, 1.165) is 23.1 Å². The van der Waals surface area contributed by atoms with E-state index in [-0.39, 0.29) is 12.5 Å². The van der Waals surface area contributed by atoms with Gasteiger partial charge in [0.1, 0.15) is 5.75 Å². The molecule has 1 heterocycles. The van der Waals surface area contributed by atoms with Crippen molar-refractivity contribution in [2.45, 2.75) is 12.6 Å². The van der Waals surface area contributed by atoms with E-state index < -0.39 is 16.2 Å². The van der Waals surface area contributed by atoms with Gasteiger partial charge in [-0.15, -0.1) is 0 Å². The molecule has 1 aliphatic heterocycles. The largest absolute Gasteiger partial charge is 0.497 e. The molecule has 6 nitrogen and oxygen atoms in total. The summed E-state index contributed by atoms with van der Waals surface area (Å²) in [7, 11) is -2.00.